The summed E-state index contributed by atoms with van der Waals surface area (Å²) < 4.78 is 0. The summed E-state index contributed by atoms with van der Waals surface area (Å²) in [5, 5.41) is 19.7. The Labute approximate surface area is 72.6 Å². The highest BCUT2D eigenvalue weighted by molar-refractivity contribution is 5.02. The molecule has 2 nitrogen and oxygen atoms in total. The fourth-order valence-electron chi connectivity index (χ4n) is 3.85. The van der Waals surface area contributed by atoms with Crippen molar-refractivity contribution in [3.05, 3.63) is 0 Å². The molecule has 2 heteroatoms. The third-order valence-electron chi connectivity index (χ3n) is 4.33. The Hall–Kier alpha value is -0.0800. The second kappa shape index (κ2) is 2.24. The van der Waals surface area contributed by atoms with Gasteiger partial charge in [-0.2, -0.15) is 0 Å². The molecule has 4 aliphatic rings. The standard InChI is InChI=1S/C10H16O2/c11-9-6-1-5-2-7(4-6)10(12)8(9)3-5/h5-12H,1-4H2/t5?,6-,7-,8?,9-,10+/m0/s1. The van der Waals surface area contributed by atoms with Gasteiger partial charge in [0.05, 0.1) is 12.2 Å². The maximum atomic E-state index is 9.84. The van der Waals surface area contributed by atoms with E-state index in [2.05, 4.69) is 0 Å². The Morgan fingerprint density at radius 3 is 1.92 bits per heavy atom. The van der Waals surface area contributed by atoms with Crippen LogP contribution in [-0.4, -0.2) is 22.4 Å². The Bertz CT molecular complexity index is 186. The SMILES string of the molecule is O[C@@H]1C2CC3C[C@H]1C[C@H](C3)[C@H]2O. The van der Waals surface area contributed by atoms with Gasteiger partial charge in [0.1, 0.15) is 0 Å². The number of hydrogen-bond acceptors (Lipinski definition) is 2. The summed E-state index contributed by atoms with van der Waals surface area (Å²) in [6.07, 6.45) is 4.23. The third kappa shape index (κ3) is 0.775. The zero-order valence-electron chi connectivity index (χ0n) is 7.19. The molecular weight excluding hydrogens is 152 g/mol. The lowest BCUT2D eigenvalue weighted by atomic mass is 9.54. The summed E-state index contributed by atoms with van der Waals surface area (Å²) >= 11 is 0. The first-order valence-corrected chi connectivity index (χ1v) is 5.12. The molecule has 68 valence electrons. The molecule has 0 saturated heterocycles. The molecule has 2 unspecified atom stereocenters. The number of hydrogen-bond donors (Lipinski definition) is 2. The van der Waals surface area contributed by atoms with Crippen molar-refractivity contribution in [1.82, 2.24) is 0 Å². The maximum Gasteiger partial charge on any atom is 0.0621 e. The zero-order valence-corrected chi connectivity index (χ0v) is 7.19. The monoisotopic (exact) mass is 168 g/mol. The Morgan fingerprint density at radius 2 is 1.33 bits per heavy atom. The predicted molar refractivity (Wildman–Crippen MR) is 44.4 cm³/mol. The fraction of sp³-hybridized carbons (Fsp3) is 1.00. The first-order chi connectivity index (χ1) is 5.75. The molecule has 0 aromatic rings. The second-order valence-corrected chi connectivity index (χ2v) is 4.97. The van der Waals surface area contributed by atoms with Gasteiger partial charge in [-0.05, 0) is 43.4 Å². The van der Waals surface area contributed by atoms with E-state index in [9.17, 15) is 10.2 Å². The molecule has 0 amide bonds. The van der Waals surface area contributed by atoms with E-state index in [0.717, 1.165) is 18.8 Å². The Kier molecular flexibility index (Phi) is 1.37. The average Bonchev–Trinajstić information content (AvgIpc) is 2.07. The van der Waals surface area contributed by atoms with Crippen LogP contribution in [-0.2, 0) is 0 Å². The molecule has 12 heavy (non-hydrogen) atoms. The molecule has 0 aromatic carbocycles. The largest absolute Gasteiger partial charge is 0.392 e. The van der Waals surface area contributed by atoms with E-state index in [1.165, 1.54) is 12.8 Å². The van der Waals surface area contributed by atoms with E-state index in [1.54, 1.807) is 0 Å². The second-order valence-electron chi connectivity index (χ2n) is 4.97. The van der Waals surface area contributed by atoms with Gasteiger partial charge in [0.25, 0.3) is 0 Å². The Morgan fingerprint density at radius 1 is 0.750 bits per heavy atom. The number of aliphatic hydroxyl groups is 2. The van der Waals surface area contributed by atoms with E-state index in [0.29, 0.717) is 11.8 Å². The van der Waals surface area contributed by atoms with Gasteiger partial charge in [-0.1, -0.05) is 0 Å². The van der Waals surface area contributed by atoms with Gasteiger partial charge in [-0.3, -0.25) is 0 Å². The third-order valence-corrected chi connectivity index (χ3v) is 4.33. The summed E-state index contributed by atoms with van der Waals surface area (Å²) in [4.78, 5) is 0. The van der Waals surface area contributed by atoms with Gasteiger partial charge < -0.3 is 10.2 Å². The molecule has 4 saturated carbocycles. The lowest BCUT2D eigenvalue weighted by molar-refractivity contribution is -0.161. The topological polar surface area (TPSA) is 40.5 Å². The lowest BCUT2D eigenvalue weighted by Gasteiger charge is -2.55. The van der Waals surface area contributed by atoms with Crippen LogP contribution in [0.1, 0.15) is 25.7 Å². The minimum atomic E-state index is -0.187. The minimum Gasteiger partial charge on any atom is -0.392 e. The van der Waals surface area contributed by atoms with Crippen LogP contribution in [0.2, 0.25) is 0 Å². The molecule has 4 rings (SSSR count). The molecular formula is C10H16O2. The van der Waals surface area contributed by atoms with E-state index < -0.39 is 0 Å². The van der Waals surface area contributed by atoms with Crippen molar-refractivity contribution < 1.29 is 10.2 Å². The summed E-state index contributed by atoms with van der Waals surface area (Å²) in [5.41, 5.74) is 0. The minimum absolute atomic E-state index is 0.187. The van der Waals surface area contributed by atoms with Crippen LogP contribution < -0.4 is 0 Å². The van der Waals surface area contributed by atoms with Crippen LogP contribution in [0.25, 0.3) is 0 Å². The molecule has 4 aliphatic carbocycles. The first-order valence-electron chi connectivity index (χ1n) is 5.12. The highest BCUT2D eigenvalue weighted by atomic mass is 16.3. The van der Waals surface area contributed by atoms with Crippen LogP contribution in [0.15, 0.2) is 0 Å². The Balaban J connectivity index is 1.93. The molecule has 0 spiro atoms. The van der Waals surface area contributed by atoms with Gasteiger partial charge in [0.2, 0.25) is 0 Å². The summed E-state index contributed by atoms with van der Waals surface area (Å²) in [6, 6.07) is 0. The highest BCUT2D eigenvalue weighted by Gasteiger charge is 2.52. The lowest BCUT2D eigenvalue weighted by Crippen LogP contribution is -2.55. The van der Waals surface area contributed by atoms with Crippen molar-refractivity contribution in [2.24, 2.45) is 23.7 Å². The first kappa shape index (κ1) is 7.34. The summed E-state index contributed by atoms with van der Waals surface area (Å²) in [5.74, 6) is 2.10. The number of rotatable bonds is 0. The smallest absolute Gasteiger partial charge is 0.0621 e. The maximum absolute atomic E-state index is 9.84. The van der Waals surface area contributed by atoms with Crippen molar-refractivity contribution in [3.63, 3.8) is 0 Å². The van der Waals surface area contributed by atoms with Crippen LogP contribution in [0.5, 0.6) is 0 Å². The van der Waals surface area contributed by atoms with Gasteiger partial charge >= 0.3 is 0 Å². The van der Waals surface area contributed by atoms with Crippen molar-refractivity contribution in [2.75, 3.05) is 0 Å². The highest BCUT2D eigenvalue weighted by Crippen LogP contribution is 2.53. The molecule has 4 bridgehead atoms. The van der Waals surface area contributed by atoms with E-state index in [-0.39, 0.29) is 18.1 Å². The van der Waals surface area contributed by atoms with Crippen LogP contribution in [0.4, 0.5) is 0 Å². The van der Waals surface area contributed by atoms with Gasteiger partial charge in [0, 0.05) is 5.92 Å². The molecule has 0 aliphatic heterocycles. The average molecular weight is 168 g/mol. The van der Waals surface area contributed by atoms with Crippen LogP contribution in [0, 0.1) is 23.7 Å². The van der Waals surface area contributed by atoms with Gasteiger partial charge in [-0.25, -0.2) is 0 Å². The van der Waals surface area contributed by atoms with Crippen molar-refractivity contribution >= 4 is 0 Å². The zero-order chi connectivity index (χ0) is 8.29. The van der Waals surface area contributed by atoms with Crippen LogP contribution >= 0.6 is 0 Å². The molecule has 2 N–H and O–H groups in total. The quantitative estimate of drug-likeness (QED) is 0.561. The van der Waals surface area contributed by atoms with Gasteiger partial charge in [0.15, 0.2) is 0 Å². The van der Waals surface area contributed by atoms with Crippen LogP contribution in [0.3, 0.4) is 0 Å². The van der Waals surface area contributed by atoms with Gasteiger partial charge in [-0.15, -0.1) is 0 Å². The summed E-state index contributed by atoms with van der Waals surface area (Å²) in [6.45, 7) is 0. The van der Waals surface area contributed by atoms with Crippen molar-refractivity contribution in [2.45, 2.75) is 37.9 Å². The molecule has 6 atom stereocenters. The molecule has 0 aromatic heterocycles. The normalized spacial score (nSPS) is 62.5. The van der Waals surface area contributed by atoms with Crippen molar-refractivity contribution in [1.29, 1.82) is 0 Å². The van der Waals surface area contributed by atoms with E-state index >= 15 is 0 Å². The molecule has 0 heterocycles. The van der Waals surface area contributed by atoms with Crippen molar-refractivity contribution in [3.8, 4) is 0 Å². The molecule has 0 radical (unpaired) electrons. The predicted octanol–water partition coefficient (Wildman–Crippen LogP) is 0.774. The molecule has 4 fully saturated rings. The fourth-order valence-corrected chi connectivity index (χ4v) is 3.85. The summed E-state index contributed by atoms with van der Waals surface area (Å²) in [7, 11) is 0. The number of aliphatic hydroxyl groups excluding tert-OH is 2. The van der Waals surface area contributed by atoms with E-state index in [4.69, 9.17) is 0 Å². The van der Waals surface area contributed by atoms with E-state index in [1.807, 2.05) is 0 Å².